The van der Waals surface area contributed by atoms with Gasteiger partial charge in [-0.3, -0.25) is 0 Å². The van der Waals surface area contributed by atoms with Crippen molar-refractivity contribution in [2.75, 3.05) is 0 Å². The highest BCUT2D eigenvalue weighted by molar-refractivity contribution is 6.68. The second kappa shape index (κ2) is 11.9. The van der Waals surface area contributed by atoms with Crippen molar-refractivity contribution in [1.82, 2.24) is 15.0 Å². The molecule has 0 fully saturated rings. The van der Waals surface area contributed by atoms with Crippen LogP contribution in [0.2, 0.25) is 0 Å². The highest BCUT2D eigenvalue weighted by Crippen LogP contribution is 2.40. The molecule has 0 atom stereocenters. The second-order valence-corrected chi connectivity index (χ2v) is 12.6. The van der Waals surface area contributed by atoms with Crippen LogP contribution < -0.4 is 27.3 Å². The van der Waals surface area contributed by atoms with E-state index < -0.39 is 0 Å². The molecule has 0 aliphatic rings. The summed E-state index contributed by atoms with van der Waals surface area (Å²) < 4.78 is 6.81. The summed E-state index contributed by atoms with van der Waals surface area (Å²) in [4.78, 5) is 14.9. The van der Waals surface area contributed by atoms with Crippen LogP contribution in [0.1, 0.15) is 0 Å². The Hall–Kier alpha value is -5.55. The summed E-state index contributed by atoms with van der Waals surface area (Å²) >= 11 is 0. The molecule has 6 aromatic carbocycles. The van der Waals surface area contributed by atoms with E-state index >= 15 is 0 Å². The minimum Gasteiger partial charge on any atom is -0.455 e. The van der Waals surface area contributed by atoms with Gasteiger partial charge in [0.15, 0.2) is 17.5 Å². The lowest BCUT2D eigenvalue weighted by molar-refractivity contribution is 0.670. The van der Waals surface area contributed by atoms with Gasteiger partial charge in [0.05, 0.1) is 5.56 Å². The van der Waals surface area contributed by atoms with Crippen LogP contribution in [-0.2, 0) is 0 Å². The Morgan fingerprint density at radius 2 is 0.792 bits per heavy atom. The fourth-order valence-corrected chi connectivity index (χ4v) is 6.90. The smallest absolute Gasteiger partial charge is 0.167 e. The zero-order chi connectivity index (χ0) is 32.9. The van der Waals surface area contributed by atoms with Gasteiger partial charge in [-0.2, -0.15) is 0 Å². The number of para-hydroxylation sites is 2. The average molecular weight is 611 g/mol. The Kier molecular flexibility index (Phi) is 7.41. The summed E-state index contributed by atoms with van der Waals surface area (Å²) in [5.74, 6) is 1.82. The third-order valence-electron chi connectivity index (χ3n) is 9.95. The molecule has 8 aromatic rings. The van der Waals surface area contributed by atoms with Crippen LogP contribution in [0.5, 0.6) is 0 Å². The normalized spacial score (nSPS) is 11.3. The van der Waals surface area contributed by atoms with E-state index in [-0.39, 0.29) is 0 Å². The van der Waals surface area contributed by atoms with E-state index in [0.29, 0.717) is 17.5 Å². The standard InChI is InChI=1S/C39H30B5N3O/c40-30-29(31(41)33(43)34(44)32(30)42)22-19-17-21(18-20-22)25-13-7-14-26-27-15-8-16-28(36(27)48-35(25)26)39-46-37(23-9-3-1-4-10-23)45-38(47-39)24-11-5-2-6-12-24/h1-20H,40-44H2. The number of fused-ring (bicyclic) bond motifs is 3. The molecule has 4 nitrogen and oxygen atoms in total. The van der Waals surface area contributed by atoms with E-state index in [2.05, 4.69) is 93.8 Å². The van der Waals surface area contributed by atoms with Crippen molar-refractivity contribution in [1.29, 1.82) is 0 Å². The lowest BCUT2D eigenvalue weighted by Crippen LogP contribution is -2.55. The number of benzene rings is 6. The summed E-state index contributed by atoms with van der Waals surface area (Å²) in [5.41, 5.74) is 15.8. The molecule has 2 aromatic heterocycles. The van der Waals surface area contributed by atoms with Crippen LogP contribution in [0.25, 0.3) is 78.4 Å². The van der Waals surface area contributed by atoms with Gasteiger partial charge in [-0.1, -0.05) is 126 Å². The van der Waals surface area contributed by atoms with Crippen molar-refractivity contribution >= 4 is 88.5 Å². The molecule has 0 aliphatic heterocycles. The number of nitrogens with zero attached hydrogens (tertiary/aromatic N) is 3. The summed E-state index contributed by atoms with van der Waals surface area (Å²) in [5, 5.41) is 2.09. The molecule has 0 radical (unpaired) electrons. The zero-order valence-electron chi connectivity index (χ0n) is 27.8. The molecule has 222 valence electrons. The van der Waals surface area contributed by atoms with Gasteiger partial charge in [0, 0.05) is 27.5 Å². The Bertz CT molecular complexity index is 2410. The minimum atomic E-state index is 0.577. The maximum absolute atomic E-state index is 6.81. The maximum atomic E-state index is 6.81. The first kappa shape index (κ1) is 29.8. The van der Waals surface area contributed by atoms with Gasteiger partial charge in [-0.05, 0) is 22.8 Å². The summed E-state index contributed by atoms with van der Waals surface area (Å²) in [6, 6.07) is 41.6. The van der Waals surface area contributed by atoms with Gasteiger partial charge in [-0.25, -0.2) is 15.0 Å². The molecule has 8 rings (SSSR count). The van der Waals surface area contributed by atoms with Gasteiger partial charge in [-0.15, -0.1) is 16.4 Å². The Balaban J connectivity index is 1.27. The highest BCUT2D eigenvalue weighted by Gasteiger charge is 2.20. The zero-order valence-corrected chi connectivity index (χ0v) is 27.8. The third-order valence-corrected chi connectivity index (χ3v) is 9.95. The van der Waals surface area contributed by atoms with Crippen molar-refractivity contribution in [2.45, 2.75) is 0 Å². The van der Waals surface area contributed by atoms with Crippen LogP contribution in [0.3, 0.4) is 0 Å². The van der Waals surface area contributed by atoms with E-state index in [9.17, 15) is 0 Å². The third kappa shape index (κ3) is 4.98. The highest BCUT2D eigenvalue weighted by atomic mass is 16.3. The van der Waals surface area contributed by atoms with Gasteiger partial charge in [0.25, 0.3) is 0 Å². The molecular formula is C39H30B5N3O. The minimum absolute atomic E-state index is 0.577. The molecule has 9 heteroatoms. The molecular weight excluding hydrogens is 581 g/mol. The van der Waals surface area contributed by atoms with Gasteiger partial charge in [0.1, 0.15) is 50.4 Å². The van der Waals surface area contributed by atoms with Crippen molar-refractivity contribution in [3.8, 4) is 56.4 Å². The number of hydrogen-bond donors (Lipinski definition) is 0. The monoisotopic (exact) mass is 611 g/mol. The largest absolute Gasteiger partial charge is 0.455 e. The van der Waals surface area contributed by atoms with Crippen LogP contribution in [0, 0.1) is 0 Å². The fourth-order valence-electron chi connectivity index (χ4n) is 6.90. The van der Waals surface area contributed by atoms with Gasteiger partial charge >= 0.3 is 0 Å². The van der Waals surface area contributed by atoms with Crippen molar-refractivity contribution < 1.29 is 4.42 Å². The van der Waals surface area contributed by atoms with Crippen molar-refractivity contribution in [2.24, 2.45) is 0 Å². The predicted octanol–water partition coefficient (Wildman–Crippen LogP) is 1.40. The molecule has 0 N–H and O–H groups in total. The van der Waals surface area contributed by atoms with Crippen LogP contribution in [0.15, 0.2) is 126 Å². The first-order valence-electron chi connectivity index (χ1n) is 16.4. The molecule has 0 saturated carbocycles. The Morgan fingerprint density at radius 1 is 0.354 bits per heavy atom. The number of aromatic nitrogens is 3. The second-order valence-electron chi connectivity index (χ2n) is 12.6. The SMILES string of the molecule is Bc1c(B)c(B)c(-c2ccc(-c3cccc4c3oc3c(-c5nc(-c6ccccc6)nc(-c6ccccc6)n5)cccc34)cc2)c(B)c1B. The Morgan fingerprint density at radius 3 is 1.33 bits per heavy atom. The Labute approximate surface area is 284 Å². The van der Waals surface area contributed by atoms with Crippen molar-refractivity contribution in [3.05, 3.63) is 121 Å². The van der Waals surface area contributed by atoms with E-state index in [4.69, 9.17) is 19.4 Å². The lowest BCUT2D eigenvalue weighted by atomic mass is 9.59. The lowest BCUT2D eigenvalue weighted by Gasteiger charge is -2.20. The van der Waals surface area contributed by atoms with Crippen LogP contribution >= 0.6 is 0 Å². The predicted molar refractivity (Wildman–Crippen MR) is 215 cm³/mol. The van der Waals surface area contributed by atoms with Gasteiger partial charge in [0.2, 0.25) is 0 Å². The number of rotatable bonds is 5. The molecule has 0 spiro atoms. The van der Waals surface area contributed by atoms with Crippen molar-refractivity contribution in [3.63, 3.8) is 0 Å². The summed E-state index contributed by atoms with van der Waals surface area (Å²) in [6.45, 7) is 0. The molecule has 0 aliphatic carbocycles. The molecule has 0 amide bonds. The first-order valence-corrected chi connectivity index (χ1v) is 16.4. The van der Waals surface area contributed by atoms with E-state index in [0.717, 1.165) is 49.8 Å². The van der Waals surface area contributed by atoms with E-state index in [1.165, 1.54) is 38.4 Å². The molecule has 0 unspecified atom stereocenters. The molecule has 48 heavy (non-hydrogen) atoms. The molecule has 0 bridgehead atoms. The van der Waals surface area contributed by atoms with Gasteiger partial charge < -0.3 is 4.42 Å². The quantitative estimate of drug-likeness (QED) is 0.277. The van der Waals surface area contributed by atoms with Crippen LogP contribution in [-0.4, -0.2) is 54.2 Å². The fraction of sp³-hybridized carbons (Fsp3) is 0. The first-order chi connectivity index (χ1) is 23.4. The van der Waals surface area contributed by atoms with E-state index in [1.807, 2.05) is 66.7 Å². The summed E-state index contributed by atoms with van der Waals surface area (Å²) in [6.07, 6.45) is 0. The number of hydrogen-bond acceptors (Lipinski definition) is 4. The van der Waals surface area contributed by atoms with Crippen LogP contribution in [0.4, 0.5) is 0 Å². The summed E-state index contributed by atoms with van der Waals surface area (Å²) in [7, 11) is 11.2. The molecule has 2 heterocycles. The maximum Gasteiger partial charge on any atom is 0.167 e. The topological polar surface area (TPSA) is 51.8 Å². The molecule has 0 saturated heterocycles. The number of furan rings is 1. The van der Waals surface area contributed by atoms with E-state index in [1.54, 1.807) is 0 Å². The average Bonchev–Trinajstić information content (AvgIpc) is 3.53.